The summed E-state index contributed by atoms with van der Waals surface area (Å²) in [6.45, 7) is 12.7. The smallest absolute Gasteiger partial charge is 0.293 e. The van der Waals surface area contributed by atoms with Crippen LogP contribution in [0.4, 0.5) is 4.79 Å². The van der Waals surface area contributed by atoms with E-state index in [0.717, 1.165) is 28.7 Å². The Morgan fingerprint density at radius 3 is 2.15 bits per heavy atom. The van der Waals surface area contributed by atoms with Crippen LogP contribution in [0.5, 0.6) is 0 Å². The Kier molecular flexibility index (Phi) is 4.84. The van der Waals surface area contributed by atoms with Gasteiger partial charge < -0.3 is 4.57 Å². The highest BCUT2D eigenvalue weighted by atomic mass is 32.2. The van der Waals surface area contributed by atoms with Gasteiger partial charge in [0.05, 0.1) is 10.6 Å². The largest absolute Gasteiger partial charge is 0.317 e. The molecule has 2 amide bonds. The highest BCUT2D eigenvalue weighted by Crippen LogP contribution is 2.34. The van der Waals surface area contributed by atoms with Crippen molar-refractivity contribution in [1.29, 1.82) is 0 Å². The lowest BCUT2D eigenvalue weighted by atomic mass is 10.0. The van der Waals surface area contributed by atoms with Crippen LogP contribution < -0.4 is 0 Å². The number of rotatable bonds is 3. The van der Waals surface area contributed by atoms with Crippen LogP contribution in [0.1, 0.15) is 40.6 Å². The van der Waals surface area contributed by atoms with E-state index in [1.807, 2.05) is 13.0 Å². The number of benzene rings is 1. The first-order valence-corrected chi connectivity index (χ1v) is 9.58. The standard InChI is InChI=1S/C21H24N2O2S/c1-7-22-20(24)18(26-21(22)25)11-17-10-15(5)23(16(17)6)19-13(3)8-12(2)9-14(19)4/h8-11H,7H2,1-6H3/b18-11+. The van der Waals surface area contributed by atoms with E-state index in [9.17, 15) is 9.59 Å². The van der Waals surface area contributed by atoms with E-state index < -0.39 is 0 Å². The van der Waals surface area contributed by atoms with Crippen molar-refractivity contribution < 1.29 is 9.59 Å². The van der Waals surface area contributed by atoms with Crippen LogP contribution in [0.15, 0.2) is 23.1 Å². The Hall–Kier alpha value is -2.27. The molecule has 1 aliphatic rings. The first-order chi connectivity index (χ1) is 12.2. The minimum atomic E-state index is -0.199. The summed E-state index contributed by atoms with van der Waals surface area (Å²) in [5.74, 6) is -0.199. The topological polar surface area (TPSA) is 42.3 Å². The van der Waals surface area contributed by atoms with Gasteiger partial charge in [-0.25, -0.2) is 0 Å². The molecule has 0 unspecified atom stereocenters. The Morgan fingerprint density at radius 1 is 1.00 bits per heavy atom. The number of likely N-dealkylation sites (N-methyl/N-ethyl adjacent to an activating group) is 1. The van der Waals surface area contributed by atoms with Gasteiger partial charge in [-0.3, -0.25) is 14.5 Å². The molecule has 0 bridgehead atoms. The second-order valence-electron chi connectivity index (χ2n) is 6.84. The van der Waals surface area contributed by atoms with E-state index in [4.69, 9.17) is 0 Å². The van der Waals surface area contributed by atoms with E-state index in [2.05, 4.69) is 57.4 Å². The van der Waals surface area contributed by atoms with Gasteiger partial charge in [0.2, 0.25) is 0 Å². The third-order valence-corrected chi connectivity index (χ3v) is 5.71. The maximum atomic E-state index is 12.4. The number of aryl methyl sites for hydroxylation is 4. The Labute approximate surface area is 158 Å². The number of amides is 2. The third-order valence-electron chi connectivity index (χ3n) is 4.81. The van der Waals surface area contributed by atoms with Gasteiger partial charge in [0.1, 0.15) is 0 Å². The van der Waals surface area contributed by atoms with Crippen molar-refractivity contribution in [3.05, 3.63) is 56.7 Å². The first-order valence-electron chi connectivity index (χ1n) is 8.77. The molecule has 0 N–H and O–H groups in total. The highest BCUT2D eigenvalue weighted by Gasteiger charge is 2.34. The Balaban J connectivity index is 2.10. The minimum absolute atomic E-state index is 0.192. The van der Waals surface area contributed by atoms with Gasteiger partial charge in [-0.15, -0.1) is 0 Å². The number of imide groups is 1. The molecule has 136 valence electrons. The van der Waals surface area contributed by atoms with Gasteiger partial charge in [0.15, 0.2) is 0 Å². The monoisotopic (exact) mass is 368 g/mol. The molecule has 0 atom stereocenters. The molecule has 0 radical (unpaired) electrons. The first kappa shape index (κ1) is 18.5. The summed E-state index contributed by atoms with van der Waals surface area (Å²) in [5.41, 5.74) is 8.04. The number of carbonyl (C=O) groups is 2. The molecule has 1 aliphatic heterocycles. The van der Waals surface area contributed by atoms with Crippen molar-refractivity contribution in [1.82, 2.24) is 9.47 Å². The average Bonchev–Trinajstić information content (AvgIpc) is 2.97. The van der Waals surface area contributed by atoms with Crippen LogP contribution >= 0.6 is 11.8 Å². The van der Waals surface area contributed by atoms with E-state index in [0.29, 0.717) is 11.4 Å². The summed E-state index contributed by atoms with van der Waals surface area (Å²) in [7, 11) is 0. The predicted octanol–water partition coefficient (Wildman–Crippen LogP) is 5.08. The molecule has 1 aromatic heterocycles. The van der Waals surface area contributed by atoms with Crippen molar-refractivity contribution in [3.63, 3.8) is 0 Å². The van der Waals surface area contributed by atoms with Crippen LogP contribution in [0.2, 0.25) is 0 Å². The molecule has 0 spiro atoms. The Bertz CT molecular complexity index is 930. The van der Waals surface area contributed by atoms with E-state index in [1.165, 1.54) is 27.3 Å². The molecule has 1 saturated heterocycles. The van der Waals surface area contributed by atoms with E-state index in [1.54, 1.807) is 0 Å². The SMILES string of the molecule is CCN1C(=O)S/C(=C/c2cc(C)n(-c3c(C)cc(C)cc3C)c2C)C1=O. The van der Waals surface area contributed by atoms with Crippen LogP contribution in [-0.4, -0.2) is 27.2 Å². The molecule has 1 fully saturated rings. The second-order valence-corrected chi connectivity index (χ2v) is 7.83. The number of hydrogen-bond acceptors (Lipinski definition) is 3. The highest BCUT2D eigenvalue weighted by molar-refractivity contribution is 8.18. The number of carbonyl (C=O) groups excluding carboxylic acids is 2. The average molecular weight is 369 g/mol. The third kappa shape index (κ3) is 3.01. The van der Waals surface area contributed by atoms with Gasteiger partial charge in [-0.2, -0.15) is 0 Å². The lowest BCUT2D eigenvalue weighted by Crippen LogP contribution is -2.27. The summed E-state index contributed by atoms with van der Waals surface area (Å²) in [4.78, 5) is 26.1. The summed E-state index contributed by atoms with van der Waals surface area (Å²) >= 11 is 1.02. The summed E-state index contributed by atoms with van der Waals surface area (Å²) in [5, 5.41) is -0.192. The molecule has 1 aromatic carbocycles. The van der Waals surface area contributed by atoms with Crippen molar-refractivity contribution in [3.8, 4) is 5.69 Å². The zero-order valence-electron chi connectivity index (χ0n) is 16.1. The van der Waals surface area contributed by atoms with Crippen molar-refractivity contribution in [2.24, 2.45) is 0 Å². The molecule has 5 heteroatoms. The van der Waals surface area contributed by atoms with Gasteiger partial charge in [0.25, 0.3) is 11.1 Å². The maximum Gasteiger partial charge on any atom is 0.293 e. The molecular formula is C21H24N2O2S. The molecule has 2 heterocycles. The molecule has 2 aromatic rings. The van der Waals surface area contributed by atoms with E-state index >= 15 is 0 Å². The molecule has 0 saturated carbocycles. The summed E-state index contributed by atoms with van der Waals surface area (Å²) in [6, 6.07) is 6.45. The molecule has 3 rings (SSSR count). The van der Waals surface area contributed by atoms with Crippen LogP contribution in [0.3, 0.4) is 0 Å². The normalized spacial score (nSPS) is 16.2. The zero-order chi connectivity index (χ0) is 19.2. The van der Waals surface area contributed by atoms with Crippen molar-refractivity contribution in [2.75, 3.05) is 6.54 Å². The fourth-order valence-corrected chi connectivity index (χ4v) is 4.61. The maximum absolute atomic E-state index is 12.4. The predicted molar refractivity (Wildman–Crippen MR) is 108 cm³/mol. The number of thioether (sulfide) groups is 1. The summed E-state index contributed by atoms with van der Waals surface area (Å²) < 4.78 is 2.24. The van der Waals surface area contributed by atoms with Gasteiger partial charge >= 0.3 is 0 Å². The molecule has 0 aliphatic carbocycles. The molecule has 26 heavy (non-hydrogen) atoms. The van der Waals surface area contributed by atoms with Gasteiger partial charge in [0, 0.05) is 17.9 Å². The fourth-order valence-electron chi connectivity index (χ4n) is 3.72. The van der Waals surface area contributed by atoms with Crippen molar-refractivity contribution in [2.45, 2.75) is 41.5 Å². The number of aromatic nitrogens is 1. The van der Waals surface area contributed by atoms with Gasteiger partial charge in [-0.05, 0) is 82.1 Å². The number of nitrogens with zero attached hydrogens (tertiary/aromatic N) is 2. The van der Waals surface area contributed by atoms with Crippen molar-refractivity contribution >= 4 is 29.0 Å². The van der Waals surface area contributed by atoms with Crippen LogP contribution in [-0.2, 0) is 4.79 Å². The molecule has 4 nitrogen and oxygen atoms in total. The lowest BCUT2D eigenvalue weighted by Gasteiger charge is -2.17. The van der Waals surface area contributed by atoms with Crippen LogP contribution in [0.25, 0.3) is 11.8 Å². The zero-order valence-corrected chi connectivity index (χ0v) is 17.0. The molecular weight excluding hydrogens is 344 g/mol. The fraction of sp³-hybridized carbons (Fsp3) is 0.333. The van der Waals surface area contributed by atoms with Gasteiger partial charge in [-0.1, -0.05) is 17.7 Å². The minimum Gasteiger partial charge on any atom is -0.317 e. The Morgan fingerprint density at radius 2 is 1.62 bits per heavy atom. The lowest BCUT2D eigenvalue weighted by molar-refractivity contribution is -0.122. The summed E-state index contributed by atoms with van der Waals surface area (Å²) in [6.07, 6.45) is 1.85. The van der Waals surface area contributed by atoms with E-state index in [-0.39, 0.29) is 11.1 Å². The number of hydrogen-bond donors (Lipinski definition) is 0. The second kappa shape index (κ2) is 6.80. The quantitative estimate of drug-likeness (QED) is 0.710. The van der Waals surface area contributed by atoms with Crippen LogP contribution in [0, 0.1) is 34.6 Å².